The molecule has 0 aromatic carbocycles. The number of carbonyl (C=O) groups is 1. The van der Waals surface area contributed by atoms with Crippen LogP contribution in [0.3, 0.4) is 0 Å². The summed E-state index contributed by atoms with van der Waals surface area (Å²) in [7, 11) is 3.99. The van der Waals surface area contributed by atoms with Crippen LogP contribution in [0, 0.1) is 0 Å². The van der Waals surface area contributed by atoms with E-state index in [2.05, 4.69) is 9.88 Å². The summed E-state index contributed by atoms with van der Waals surface area (Å²) < 4.78 is 0. The number of amides is 1. The van der Waals surface area contributed by atoms with Gasteiger partial charge in [0.1, 0.15) is 0 Å². The van der Waals surface area contributed by atoms with E-state index in [4.69, 9.17) is 11.6 Å². The molecule has 0 fully saturated rings. The standard InChI is InChI=1S/C15H18ClN3OS/c1-18(2)7-8-19(11-12-4-3-9-21-12)15(20)13-5-6-17-10-14(13)16/h3-6,9-10H,7-8,11H2,1-2H3. The second kappa shape index (κ2) is 7.54. The highest BCUT2D eigenvalue weighted by Crippen LogP contribution is 2.19. The van der Waals surface area contributed by atoms with Gasteiger partial charge in [0.25, 0.3) is 5.91 Å². The van der Waals surface area contributed by atoms with Crippen LogP contribution < -0.4 is 0 Å². The van der Waals surface area contributed by atoms with Crippen molar-refractivity contribution >= 4 is 28.8 Å². The molecule has 21 heavy (non-hydrogen) atoms. The topological polar surface area (TPSA) is 36.4 Å². The third-order valence-electron chi connectivity index (χ3n) is 3.03. The zero-order valence-electron chi connectivity index (χ0n) is 12.1. The Kier molecular flexibility index (Phi) is 5.73. The molecule has 0 N–H and O–H groups in total. The Morgan fingerprint density at radius 3 is 2.76 bits per heavy atom. The van der Waals surface area contributed by atoms with Gasteiger partial charge in [0.2, 0.25) is 0 Å². The monoisotopic (exact) mass is 323 g/mol. The summed E-state index contributed by atoms with van der Waals surface area (Å²) >= 11 is 7.74. The van der Waals surface area contributed by atoms with Gasteiger partial charge in [0.05, 0.1) is 17.1 Å². The lowest BCUT2D eigenvalue weighted by atomic mass is 10.2. The third-order valence-corrected chi connectivity index (χ3v) is 4.20. The van der Waals surface area contributed by atoms with Gasteiger partial charge in [0.15, 0.2) is 0 Å². The van der Waals surface area contributed by atoms with E-state index in [9.17, 15) is 4.79 Å². The minimum Gasteiger partial charge on any atom is -0.332 e. The van der Waals surface area contributed by atoms with Gasteiger partial charge >= 0.3 is 0 Å². The second-order valence-electron chi connectivity index (χ2n) is 4.96. The highest BCUT2D eigenvalue weighted by atomic mass is 35.5. The summed E-state index contributed by atoms with van der Waals surface area (Å²) in [5.41, 5.74) is 0.502. The molecule has 1 amide bonds. The van der Waals surface area contributed by atoms with Crippen molar-refractivity contribution in [3.8, 4) is 0 Å². The number of hydrogen-bond acceptors (Lipinski definition) is 4. The number of nitrogens with zero attached hydrogens (tertiary/aromatic N) is 3. The maximum atomic E-state index is 12.7. The van der Waals surface area contributed by atoms with Gasteiger partial charge in [-0.1, -0.05) is 17.7 Å². The van der Waals surface area contributed by atoms with Crippen LogP contribution in [-0.4, -0.2) is 47.9 Å². The van der Waals surface area contributed by atoms with Crippen LogP contribution in [0.2, 0.25) is 5.02 Å². The quantitative estimate of drug-likeness (QED) is 0.820. The first-order valence-electron chi connectivity index (χ1n) is 6.64. The smallest absolute Gasteiger partial charge is 0.255 e. The lowest BCUT2D eigenvalue weighted by Crippen LogP contribution is -2.36. The van der Waals surface area contributed by atoms with Crippen molar-refractivity contribution in [2.24, 2.45) is 0 Å². The third kappa shape index (κ3) is 4.52. The fourth-order valence-electron chi connectivity index (χ4n) is 1.88. The van der Waals surface area contributed by atoms with Crippen molar-refractivity contribution < 1.29 is 4.79 Å². The average molecular weight is 324 g/mol. The van der Waals surface area contributed by atoms with Crippen LogP contribution >= 0.6 is 22.9 Å². The summed E-state index contributed by atoms with van der Waals surface area (Å²) in [6, 6.07) is 5.70. The molecule has 0 unspecified atom stereocenters. The molecule has 2 rings (SSSR count). The Hall–Kier alpha value is -1.43. The predicted molar refractivity (Wildman–Crippen MR) is 86.9 cm³/mol. The van der Waals surface area contributed by atoms with Crippen molar-refractivity contribution in [2.75, 3.05) is 27.2 Å². The Morgan fingerprint density at radius 1 is 1.33 bits per heavy atom. The van der Waals surface area contributed by atoms with Gasteiger partial charge in [0, 0.05) is 30.4 Å². The first-order valence-corrected chi connectivity index (χ1v) is 7.89. The summed E-state index contributed by atoms with van der Waals surface area (Å²) in [5, 5.41) is 2.41. The van der Waals surface area contributed by atoms with Crippen molar-refractivity contribution in [1.29, 1.82) is 0 Å². The number of thiophene rings is 1. The first-order chi connectivity index (χ1) is 10.1. The van der Waals surface area contributed by atoms with Crippen LogP contribution in [0.1, 0.15) is 15.2 Å². The SMILES string of the molecule is CN(C)CCN(Cc1cccs1)C(=O)c1ccncc1Cl. The number of aromatic nitrogens is 1. The first kappa shape index (κ1) is 15.9. The zero-order chi connectivity index (χ0) is 15.2. The van der Waals surface area contributed by atoms with Crippen LogP contribution in [0.5, 0.6) is 0 Å². The van der Waals surface area contributed by atoms with Gasteiger partial charge in [-0.2, -0.15) is 0 Å². The van der Waals surface area contributed by atoms with E-state index in [1.165, 1.54) is 6.20 Å². The summed E-state index contributed by atoms with van der Waals surface area (Å²) in [6.07, 6.45) is 3.10. The lowest BCUT2D eigenvalue weighted by molar-refractivity contribution is 0.0734. The van der Waals surface area contributed by atoms with Gasteiger partial charge in [-0.25, -0.2) is 0 Å². The van der Waals surface area contributed by atoms with Crippen molar-refractivity contribution in [3.05, 3.63) is 51.4 Å². The maximum absolute atomic E-state index is 12.7. The van der Waals surface area contributed by atoms with Gasteiger partial charge in [-0.05, 0) is 31.6 Å². The van der Waals surface area contributed by atoms with E-state index < -0.39 is 0 Å². The molecule has 2 aromatic rings. The Bertz CT molecular complexity index is 586. The van der Waals surface area contributed by atoms with E-state index in [0.29, 0.717) is 23.7 Å². The molecule has 0 aliphatic heterocycles. The molecular weight excluding hydrogens is 306 g/mol. The van der Waals surface area contributed by atoms with Gasteiger partial charge in [-0.3, -0.25) is 9.78 Å². The summed E-state index contributed by atoms with van der Waals surface area (Å²) in [5.74, 6) is -0.0577. The highest BCUT2D eigenvalue weighted by molar-refractivity contribution is 7.09. The molecule has 2 aromatic heterocycles. The molecule has 0 aliphatic carbocycles. The highest BCUT2D eigenvalue weighted by Gasteiger charge is 2.19. The fourth-order valence-corrected chi connectivity index (χ4v) is 2.80. The van der Waals surface area contributed by atoms with E-state index >= 15 is 0 Å². The lowest BCUT2D eigenvalue weighted by Gasteiger charge is -2.24. The Labute approximate surface area is 134 Å². The Morgan fingerprint density at radius 2 is 2.14 bits per heavy atom. The van der Waals surface area contributed by atoms with E-state index in [1.54, 1.807) is 23.6 Å². The molecule has 0 saturated heterocycles. The van der Waals surface area contributed by atoms with Crippen LogP contribution in [-0.2, 0) is 6.54 Å². The molecule has 2 heterocycles. The fraction of sp³-hybridized carbons (Fsp3) is 0.333. The number of pyridine rings is 1. The number of rotatable bonds is 6. The molecule has 6 heteroatoms. The van der Waals surface area contributed by atoms with Gasteiger partial charge in [-0.15, -0.1) is 11.3 Å². The maximum Gasteiger partial charge on any atom is 0.255 e. The number of carbonyl (C=O) groups excluding carboxylic acids is 1. The van der Waals surface area contributed by atoms with Crippen LogP contribution in [0.4, 0.5) is 0 Å². The predicted octanol–water partition coefficient (Wildman–Crippen LogP) is 3.00. The summed E-state index contributed by atoms with van der Waals surface area (Å²) in [4.78, 5) is 21.7. The molecule has 0 spiro atoms. The largest absolute Gasteiger partial charge is 0.332 e. The number of hydrogen-bond donors (Lipinski definition) is 0. The average Bonchev–Trinajstić information content (AvgIpc) is 2.96. The molecule has 4 nitrogen and oxygen atoms in total. The number of halogens is 1. The van der Waals surface area contributed by atoms with E-state index in [1.807, 2.05) is 36.5 Å². The zero-order valence-corrected chi connectivity index (χ0v) is 13.7. The van der Waals surface area contributed by atoms with Crippen molar-refractivity contribution in [1.82, 2.24) is 14.8 Å². The van der Waals surface area contributed by atoms with Crippen molar-refractivity contribution in [3.63, 3.8) is 0 Å². The van der Waals surface area contributed by atoms with Gasteiger partial charge < -0.3 is 9.80 Å². The molecule has 0 saturated carbocycles. The molecule has 0 aliphatic rings. The number of likely N-dealkylation sites (N-methyl/N-ethyl adjacent to an activating group) is 1. The molecule has 0 radical (unpaired) electrons. The molecular formula is C15H18ClN3OS. The second-order valence-corrected chi connectivity index (χ2v) is 6.40. The normalized spacial score (nSPS) is 10.9. The molecule has 112 valence electrons. The Balaban J connectivity index is 2.17. The van der Waals surface area contributed by atoms with E-state index in [0.717, 1.165) is 11.4 Å². The van der Waals surface area contributed by atoms with E-state index in [-0.39, 0.29) is 5.91 Å². The van der Waals surface area contributed by atoms with Crippen LogP contribution in [0.15, 0.2) is 36.0 Å². The molecule has 0 atom stereocenters. The van der Waals surface area contributed by atoms with Crippen molar-refractivity contribution in [2.45, 2.75) is 6.54 Å². The molecule has 0 bridgehead atoms. The summed E-state index contributed by atoms with van der Waals surface area (Å²) in [6.45, 7) is 2.06. The minimum atomic E-state index is -0.0577. The van der Waals surface area contributed by atoms with Crippen LogP contribution in [0.25, 0.3) is 0 Å². The minimum absolute atomic E-state index is 0.0577.